The molecular formula is C10H16N2. The van der Waals surface area contributed by atoms with E-state index >= 15 is 0 Å². The van der Waals surface area contributed by atoms with Gasteiger partial charge < -0.3 is 4.90 Å². The number of rotatable bonds is 1. The van der Waals surface area contributed by atoms with E-state index in [2.05, 4.69) is 11.6 Å². The molecule has 0 amide bonds. The Balaban J connectivity index is 0.000000354. The van der Waals surface area contributed by atoms with Gasteiger partial charge in [0.25, 0.3) is 0 Å². The van der Waals surface area contributed by atoms with E-state index in [0.29, 0.717) is 0 Å². The second-order valence-electron chi connectivity index (χ2n) is 2.51. The van der Waals surface area contributed by atoms with Gasteiger partial charge in [-0.05, 0) is 19.1 Å². The molecule has 0 saturated carbocycles. The Labute approximate surface area is 74.6 Å². The lowest BCUT2D eigenvalue weighted by Gasteiger charge is -2.10. The van der Waals surface area contributed by atoms with Crippen LogP contribution < -0.4 is 4.90 Å². The van der Waals surface area contributed by atoms with Crippen molar-refractivity contribution in [3.05, 3.63) is 37.2 Å². The molecule has 0 N–H and O–H groups in total. The third-order valence-corrected chi connectivity index (χ3v) is 1.18. The first-order valence-electron chi connectivity index (χ1n) is 3.86. The summed E-state index contributed by atoms with van der Waals surface area (Å²) in [7, 11) is 4.02. The minimum absolute atomic E-state index is 1.19. The Morgan fingerprint density at radius 1 is 1.33 bits per heavy atom. The summed E-state index contributed by atoms with van der Waals surface area (Å²) in [4.78, 5) is 5.94. The van der Waals surface area contributed by atoms with Gasteiger partial charge in [-0.1, -0.05) is 6.08 Å². The highest BCUT2D eigenvalue weighted by Crippen LogP contribution is 2.05. The van der Waals surface area contributed by atoms with Crippen LogP contribution in [0.4, 0.5) is 5.69 Å². The molecule has 0 atom stereocenters. The Morgan fingerprint density at radius 3 is 2.00 bits per heavy atom. The number of aromatic nitrogens is 1. The van der Waals surface area contributed by atoms with Crippen molar-refractivity contribution in [3.8, 4) is 0 Å². The van der Waals surface area contributed by atoms with Crippen LogP contribution in [0.15, 0.2) is 37.2 Å². The van der Waals surface area contributed by atoms with E-state index in [1.165, 1.54) is 5.69 Å². The topological polar surface area (TPSA) is 16.1 Å². The molecule has 0 aliphatic rings. The van der Waals surface area contributed by atoms with E-state index in [4.69, 9.17) is 0 Å². The van der Waals surface area contributed by atoms with Crippen LogP contribution >= 0.6 is 0 Å². The number of nitrogens with zero attached hydrogens (tertiary/aromatic N) is 2. The zero-order valence-corrected chi connectivity index (χ0v) is 7.99. The Bertz CT molecular complexity index is 204. The largest absolute Gasteiger partial charge is 0.378 e. The van der Waals surface area contributed by atoms with Crippen LogP contribution in [0.1, 0.15) is 6.92 Å². The van der Waals surface area contributed by atoms with Crippen molar-refractivity contribution in [2.24, 2.45) is 0 Å². The molecule has 12 heavy (non-hydrogen) atoms. The number of anilines is 1. The smallest absolute Gasteiger partial charge is 0.0391 e. The van der Waals surface area contributed by atoms with Crippen molar-refractivity contribution in [3.63, 3.8) is 0 Å². The van der Waals surface area contributed by atoms with Gasteiger partial charge in [-0.2, -0.15) is 0 Å². The fraction of sp³-hybridized carbons (Fsp3) is 0.300. The third kappa shape index (κ3) is 4.50. The SMILES string of the molecule is C=CC.CN(C)c1ccncc1. The molecule has 0 fully saturated rings. The summed E-state index contributed by atoms with van der Waals surface area (Å²) in [6.07, 6.45) is 5.32. The van der Waals surface area contributed by atoms with Gasteiger partial charge >= 0.3 is 0 Å². The van der Waals surface area contributed by atoms with Gasteiger partial charge in [-0.3, -0.25) is 4.98 Å². The van der Waals surface area contributed by atoms with Crippen molar-refractivity contribution in [2.45, 2.75) is 6.92 Å². The standard InChI is InChI=1S/C7H10N2.C3H6/c1-9(2)7-3-5-8-6-4-7;1-3-2/h3-6H,1-2H3;3H,1H2,2H3. The molecule has 1 aromatic heterocycles. The van der Waals surface area contributed by atoms with Crippen LogP contribution in [0.2, 0.25) is 0 Å². The van der Waals surface area contributed by atoms with Crippen LogP contribution in [0.25, 0.3) is 0 Å². The number of hydrogen-bond acceptors (Lipinski definition) is 2. The third-order valence-electron chi connectivity index (χ3n) is 1.18. The fourth-order valence-corrected chi connectivity index (χ4v) is 0.642. The molecule has 1 aromatic rings. The summed E-state index contributed by atoms with van der Waals surface area (Å²) < 4.78 is 0. The molecule has 1 rings (SSSR count). The molecule has 66 valence electrons. The highest BCUT2D eigenvalue weighted by atomic mass is 15.1. The maximum Gasteiger partial charge on any atom is 0.0391 e. The van der Waals surface area contributed by atoms with E-state index in [9.17, 15) is 0 Å². The highest BCUT2D eigenvalue weighted by molar-refractivity contribution is 5.42. The Hall–Kier alpha value is -1.31. The summed E-state index contributed by atoms with van der Waals surface area (Å²) in [6, 6.07) is 3.94. The van der Waals surface area contributed by atoms with Crippen molar-refractivity contribution in [1.82, 2.24) is 4.98 Å². The molecular weight excluding hydrogens is 148 g/mol. The maximum atomic E-state index is 3.90. The fourth-order valence-electron chi connectivity index (χ4n) is 0.642. The van der Waals surface area contributed by atoms with Gasteiger partial charge in [-0.25, -0.2) is 0 Å². The molecule has 0 aliphatic heterocycles. The average Bonchev–Trinajstić information content (AvgIpc) is 2.07. The Morgan fingerprint density at radius 2 is 1.75 bits per heavy atom. The van der Waals surface area contributed by atoms with Gasteiger partial charge in [0.15, 0.2) is 0 Å². The predicted octanol–water partition coefficient (Wildman–Crippen LogP) is 2.34. The van der Waals surface area contributed by atoms with Crippen molar-refractivity contribution < 1.29 is 0 Å². The molecule has 1 heterocycles. The van der Waals surface area contributed by atoms with Crippen LogP contribution in [-0.4, -0.2) is 19.1 Å². The first-order valence-corrected chi connectivity index (χ1v) is 3.86. The minimum Gasteiger partial charge on any atom is -0.378 e. The zero-order chi connectivity index (χ0) is 9.40. The quantitative estimate of drug-likeness (QED) is 0.592. The number of hydrogen-bond donors (Lipinski definition) is 0. The second-order valence-corrected chi connectivity index (χ2v) is 2.51. The lowest BCUT2D eigenvalue weighted by atomic mass is 10.4. The summed E-state index contributed by atoms with van der Waals surface area (Å²) in [5.41, 5.74) is 1.19. The van der Waals surface area contributed by atoms with Gasteiger partial charge in [0.05, 0.1) is 0 Å². The van der Waals surface area contributed by atoms with Gasteiger partial charge in [0.1, 0.15) is 0 Å². The van der Waals surface area contributed by atoms with E-state index in [1.807, 2.05) is 38.1 Å². The highest BCUT2D eigenvalue weighted by Gasteiger charge is 1.88. The van der Waals surface area contributed by atoms with E-state index < -0.39 is 0 Å². The second kappa shape index (κ2) is 6.40. The van der Waals surface area contributed by atoms with Gasteiger partial charge in [0.2, 0.25) is 0 Å². The van der Waals surface area contributed by atoms with Crippen molar-refractivity contribution >= 4 is 5.69 Å². The molecule has 0 radical (unpaired) electrons. The molecule has 0 unspecified atom stereocenters. The zero-order valence-electron chi connectivity index (χ0n) is 7.99. The summed E-state index contributed by atoms with van der Waals surface area (Å²) >= 11 is 0. The molecule has 2 nitrogen and oxygen atoms in total. The summed E-state index contributed by atoms with van der Waals surface area (Å²) in [5.74, 6) is 0. The normalized spacial score (nSPS) is 7.92. The first-order chi connectivity index (χ1) is 5.72. The van der Waals surface area contributed by atoms with Crippen LogP contribution in [-0.2, 0) is 0 Å². The van der Waals surface area contributed by atoms with E-state index in [0.717, 1.165) is 0 Å². The van der Waals surface area contributed by atoms with E-state index in [-0.39, 0.29) is 0 Å². The summed E-state index contributed by atoms with van der Waals surface area (Å²) in [6.45, 7) is 5.25. The number of pyridine rings is 1. The Kier molecular flexibility index (Phi) is 5.70. The van der Waals surface area contributed by atoms with Crippen LogP contribution in [0.5, 0.6) is 0 Å². The van der Waals surface area contributed by atoms with Crippen molar-refractivity contribution in [2.75, 3.05) is 19.0 Å². The molecule has 0 bridgehead atoms. The first kappa shape index (κ1) is 10.7. The van der Waals surface area contributed by atoms with E-state index in [1.54, 1.807) is 18.5 Å². The van der Waals surface area contributed by atoms with Crippen LogP contribution in [0, 0.1) is 0 Å². The lowest BCUT2D eigenvalue weighted by molar-refractivity contribution is 1.12. The number of allylic oxidation sites excluding steroid dienone is 1. The van der Waals surface area contributed by atoms with Gasteiger partial charge in [-0.15, -0.1) is 6.58 Å². The minimum atomic E-state index is 1.19. The van der Waals surface area contributed by atoms with Gasteiger partial charge in [0, 0.05) is 32.2 Å². The summed E-state index contributed by atoms with van der Waals surface area (Å²) in [5, 5.41) is 0. The predicted molar refractivity (Wildman–Crippen MR) is 54.4 cm³/mol. The monoisotopic (exact) mass is 164 g/mol. The molecule has 0 spiro atoms. The lowest BCUT2D eigenvalue weighted by Crippen LogP contribution is -2.07. The molecule has 0 aromatic carbocycles. The maximum absolute atomic E-state index is 3.90. The molecule has 0 aliphatic carbocycles. The molecule has 2 heteroatoms. The average molecular weight is 164 g/mol. The van der Waals surface area contributed by atoms with Crippen LogP contribution in [0.3, 0.4) is 0 Å². The molecule has 0 saturated heterocycles. The van der Waals surface area contributed by atoms with Crippen molar-refractivity contribution in [1.29, 1.82) is 0 Å².